The lowest BCUT2D eigenvalue weighted by molar-refractivity contribution is 0.0952. The minimum Gasteiger partial charge on any atom is -0.348 e. The smallest absolute Gasteiger partial charge is 0.253 e. The fraction of sp³-hybridized carbons (Fsp3) is 0.261. The van der Waals surface area contributed by atoms with Crippen LogP contribution in [0.2, 0.25) is 0 Å². The van der Waals surface area contributed by atoms with Gasteiger partial charge < -0.3 is 14.9 Å². The number of fused-ring (bicyclic) bond motifs is 1. The highest BCUT2D eigenvalue weighted by Crippen LogP contribution is 2.27. The van der Waals surface area contributed by atoms with Crippen LogP contribution in [0.4, 0.5) is 0 Å². The van der Waals surface area contributed by atoms with Gasteiger partial charge in [0.05, 0.1) is 12.1 Å². The van der Waals surface area contributed by atoms with Crippen LogP contribution in [-0.2, 0) is 13.1 Å². The second-order valence-corrected chi connectivity index (χ2v) is 8.79. The summed E-state index contributed by atoms with van der Waals surface area (Å²) >= 11 is 3.52. The van der Waals surface area contributed by atoms with Gasteiger partial charge in [0.2, 0.25) is 0 Å². The van der Waals surface area contributed by atoms with E-state index < -0.39 is 0 Å². The van der Waals surface area contributed by atoms with E-state index in [2.05, 4.69) is 49.7 Å². The fourth-order valence-electron chi connectivity index (χ4n) is 3.82. The predicted molar refractivity (Wildman–Crippen MR) is 124 cm³/mol. The van der Waals surface area contributed by atoms with Gasteiger partial charge in [-0.05, 0) is 56.7 Å². The molecule has 0 aliphatic carbocycles. The quantitative estimate of drug-likeness (QED) is 0.433. The molecule has 4 aromatic rings. The summed E-state index contributed by atoms with van der Waals surface area (Å²) in [6.07, 6.45) is 5.53. The lowest BCUT2D eigenvalue weighted by atomic mass is 10.1. The van der Waals surface area contributed by atoms with E-state index in [1.165, 1.54) is 0 Å². The van der Waals surface area contributed by atoms with Crippen LogP contribution < -0.4 is 10.9 Å². The highest BCUT2D eigenvalue weighted by atomic mass is 79.9. The van der Waals surface area contributed by atoms with Crippen molar-refractivity contribution in [2.75, 3.05) is 0 Å². The molecule has 0 aliphatic heterocycles. The SMILES string of the molecule is Cc1cc(Cn2cccn2)c(CNC(=O)c2cc(Br)cc3c2ccn3C(C)C)c(=O)[nH]1. The largest absolute Gasteiger partial charge is 0.348 e. The number of nitrogens with zero attached hydrogens (tertiary/aromatic N) is 3. The average molecular weight is 482 g/mol. The highest BCUT2D eigenvalue weighted by molar-refractivity contribution is 9.10. The van der Waals surface area contributed by atoms with Crippen LogP contribution in [0, 0.1) is 6.92 Å². The van der Waals surface area contributed by atoms with Gasteiger partial charge in [-0.1, -0.05) is 15.9 Å². The van der Waals surface area contributed by atoms with Gasteiger partial charge in [0.15, 0.2) is 0 Å². The summed E-state index contributed by atoms with van der Waals surface area (Å²) in [4.78, 5) is 28.6. The van der Waals surface area contributed by atoms with Crippen LogP contribution in [0.15, 0.2) is 58.2 Å². The average Bonchev–Trinajstić information content (AvgIpc) is 3.36. The number of rotatable bonds is 6. The first-order valence-corrected chi connectivity index (χ1v) is 10.9. The normalized spacial score (nSPS) is 11.4. The molecule has 4 rings (SSSR count). The first-order chi connectivity index (χ1) is 14.8. The van der Waals surface area contributed by atoms with Crippen molar-refractivity contribution < 1.29 is 4.79 Å². The molecule has 0 saturated carbocycles. The number of aromatic amines is 1. The number of aryl methyl sites for hydroxylation is 1. The van der Waals surface area contributed by atoms with Gasteiger partial charge in [0, 0.05) is 57.9 Å². The topological polar surface area (TPSA) is 84.7 Å². The van der Waals surface area contributed by atoms with E-state index in [9.17, 15) is 9.59 Å². The number of benzene rings is 1. The second-order valence-electron chi connectivity index (χ2n) is 7.87. The van der Waals surface area contributed by atoms with Crippen molar-refractivity contribution >= 4 is 32.7 Å². The van der Waals surface area contributed by atoms with E-state index in [1.54, 1.807) is 10.9 Å². The minimum absolute atomic E-state index is 0.129. The first kappa shape index (κ1) is 21.1. The van der Waals surface area contributed by atoms with Crippen molar-refractivity contribution in [2.45, 2.75) is 39.9 Å². The Morgan fingerprint density at radius 1 is 1.26 bits per heavy atom. The summed E-state index contributed by atoms with van der Waals surface area (Å²) in [6.45, 7) is 6.63. The fourth-order valence-corrected chi connectivity index (χ4v) is 4.26. The van der Waals surface area contributed by atoms with Gasteiger partial charge in [0.25, 0.3) is 11.5 Å². The van der Waals surface area contributed by atoms with Gasteiger partial charge in [-0.2, -0.15) is 5.10 Å². The Morgan fingerprint density at radius 2 is 2.06 bits per heavy atom. The highest BCUT2D eigenvalue weighted by Gasteiger charge is 2.17. The molecule has 0 radical (unpaired) electrons. The van der Waals surface area contributed by atoms with Crippen molar-refractivity contribution in [3.05, 3.63) is 86.1 Å². The third-order valence-corrected chi connectivity index (χ3v) is 5.74. The Bertz CT molecular complexity index is 1300. The van der Waals surface area contributed by atoms with E-state index in [0.29, 0.717) is 17.7 Å². The number of aromatic nitrogens is 4. The molecule has 160 valence electrons. The van der Waals surface area contributed by atoms with Gasteiger partial charge in [-0.3, -0.25) is 14.3 Å². The summed E-state index contributed by atoms with van der Waals surface area (Å²) in [5.74, 6) is -0.224. The van der Waals surface area contributed by atoms with Crippen LogP contribution >= 0.6 is 15.9 Å². The van der Waals surface area contributed by atoms with E-state index >= 15 is 0 Å². The Kier molecular flexibility index (Phi) is 5.82. The maximum atomic E-state index is 13.1. The Balaban J connectivity index is 1.63. The molecule has 1 amide bonds. The van der Waals surface area contributed by atoms with Crippen LogP contribution in [-0.4, -0.2) is 25.2 Å². The molecule has 0 bridgehead atoms. The molecule has 3 aromatic heterocycles. The number of pyridine rings is 1. The van der Waals surface area contributed by atoms with Crippen LogP contribution in [0.1, 0.15) is 47.1 Å². The van der Waals surface area contributed by atoms with Gasteiger partial charge in [-0.25, -0.2) is 0 Å². The molecule has 1 aromatic carbocycles. The molecule has 0 aliphatic rings. The third kappa shape index (κ3) is 4.34. The number of carbonyl (C=O) groups excluding carboxylic acids is 1. The summed E-state index contributed by atoms with van der Waals surface area (Å²) in [5.41, 5.74) is 3.48. The maximum Gasteiger partial charge on any atom is 0.253 e. The molecule has 0 spiro atoms. The molecule has 7 nitrogen and oxygen atoms in total. The number of nitrogens with one attached hydrogen (secondary N) is 2. The lowest BCUT2D eigenvalue weighted by Gasteiger charge is -2.13. The van der Waals surface area contributed by atoms with Crippen molar-refractivity contribution in [1.82, 2.24) is 24.6 Å². The molecule has 2 N–H and O–H groups in total. The number of H-pyrrole nitrogens is 1. The Morgan fingerprint density at radius 3 is 2.77 bits per heavy atom. The van der Waals surface area contributed by atoms with E-state index in [1.807, 2.05) is 49.6 Å². The van der Waals surface area contributed by atoms with E-state index in [-0.39, 0.29) is 24.1 Å². The van der Waals surface area contributed by atoms with Crippen molar-refractivity contribution in [3.63, 3.8) is 0 Å². The number of halogens is 1. The second kappa shape index (κ2) is 8.55. The zero-order chi connectivity index (χ0) is 22.1. The molecule has 0 fully saturated rings. The molecule has 31 heavy (non-hydrogen) atoms. The Hall–Kier alpha value is -3.13. The zero-order valence-corrected chi connectivity index (χ0v) is 19.2. The molecular formula is C23H24BrN5O2. The monoisotopic (exact) mass is 481 g/mol. The molecule has 8 heteroatoms. The minimum atomic E-state index is -0.224. The molecule has 0 atom stereocenters. The summed E-state index contributed by atoms with van der Waals surface area (Å²) in [6, 6.07) is 9.82. The number of carbonyl (C=O) groups is 1. The maximum absolute atomic E-state index is 13.1. The molecular weight excluding hydrogens is 458 g/mol. The Labute approximate surface area is 188 Å². The van der Waals surface area contributed by atoms with Gasteiger partial charge in [-0.15, -0.1) is 0 Å². The number of hydrogen-bond donors (Lipinski definition) is 2. The molecule has 0 saturated heterocycles. The summed E-state index contributed by atoms with van der Waals surface area (Å²) in [5, 5.41) is 8.04. The molecule has 0 unspecified atom stereocenters. The van der Waals surface area contributed by atoms with Gasteiger partial charge >= 0.3 is 0 Å². The standard InChI is InChI=1S/C23H24BrN5O2/c1-14(2)29-8-5-18-19(10-17(24)11-21(18)29)22(30)25-12-20-16(9-15(3)27-23(20)31)13-28-7-4-6-26-28/h4-11,14H,12-13H2,1-3H3,(H,25,30)(H,27,31). The number of hydrogen-bond acceptors (Lipinski definition) is 3. The van der Waals surface area contributed by atoms with Gasteiger partial charge in [0.1, 0.15) is 0 Å². The van der Waals surface area contributed by atoms with E-state index in [0.717, 1.165) is 26.6 Å². The van der Waals surface area contributed by atoms with Crippen LogP contribution in [0.3, 0.4) is 0 Å². The summed E-state index contributed by atoms with van der Waals surface area (Å²) in [7, 11) is 0. The number of amides is 1. The molecule has 3 heterocycles. The zero-order valence-electron chi connectivity index (χ0n) is 17.6. The predicted octanol–water partition coefficient (Wildman–Crippen LogP) is 4.16. The van der Waals surface area contributed by atoms with Crippen LogP contribution in [0.25, 0.3) is 10.9 Å². The lowest BCUT2D eigenvalue weighted by Crippen LogP contribution is -2.29. The summed E-state index contributed by atoms with van der Waals surface area (Å²) < 4.78 is 4.72. The van der Waals surface area contributed by atoms with Crippen molar-refractivity contribution in [2.24, 2.45) is 0 Å². The first-order valence-electron chi connectivity index (χ1n) is 10.1. The van der Waals surface area contributed by atoms with Crippen LogP contribution in [0.5, 0.6) is 0 Å². The van der Waals surface area contributed by atoms with E-state index in [4.69, 9.17) is 0 Å². The van der Waals surface area contributed by atoms with Crippen molar-refractivity contribution in [3.8, 4) is 0 Å². The van der Waals surface area contributed by atoms with Crippen molar-refractivity contribution in [1.29, 1.82) is 0 Å². The third-order valence-electron chi connectivity index (χ3n) is 5.28.